The van der Waals surface area contributed by atoms with Crippen LogP contribution in [-0.4, -0.2) is 22.6 Å². The van der Waals surface area contributed by atoms with E-state index in [9.17, 15) is 18.4 Å². The largest absolute Gasteiger partial charge is 0.435 e. The Labute approximate surface area is 145 Å². The number of fused-ring (bicyclic) bond motifs is 1. The number of rotatable bonds is 5. The van der Waals surface area contributed by atoms with Crippen molar-refractivity contribution in [1.82, 2.24) is 10.2 Å². The van der Waals surface area contributed by atoms with Gasteiger partial charge in [0.2, 0.25) is 0 Å². The fourth-order valence-corrected chi connectivity index (χ4v) is 2.62. The van der Waals surface area contributed by atoms with Crippen LogP contribution in [0.1, 0.15) is 15.9 Å². The average Bonchev–Trinajstić information content (AvgIpc) is 2.57. The lowest BCUT2D eigenvalue weighted by Crippen LogP contribution is -2.10. The number of carbonyl (C=O) groups is 1. The van der Waals surface area contributed by atoms with E-state index in [4.69, 9.17) is 11.6 Å². The summed E-state index contributed by atoms with van der Waals surface area (Å²) in [5.74, 6) is -0.273. The van der Waals surface area contributed by atoms with Crippen LogP contribution < -0.4 is 10.3 Å². The van der Waals surface area contributed by atoms with Crippen molar-refractivity contribution in [2.24, 2.45) is 0 Å². The second-order valence-corrected chi connectivity index (χ2v) is 5.59. The van der Waals surface area contributed by atoms with E-state index in [1.54, 1.807) is 6.07 Å². The highest BCUT2D eigenvalue weighted by atomic mass is 35.5. The summed E-state index contributed by atoms with van der Waals surface area (Å²) in [5, 5.41) is 6.68. The Kier molecular flexibility index (Phi) is 4.76. The van der Waals surface area contributed by atoms with Gasteiger partial charge in [-0.25, -0.2) is 5.10 Å². The van der Waals surface area contributed by atoms with Crippen molar-refractivity contribution < 1.29 is 18.3 Å². The molecule has 0 bridgehead atoms. The Morgan fingerprint density at radius 1 is 1.20 bits per heavy atom. The average molecular weight is 365 g/mol. The number of halogens is 3. The SMILES string of the molecule is O=C(Cc1cccc(OC(F)F)c1)c1ccc2c(=O)[nH]nc(Cl)c2c1. The minimum absolute atomic E-state index is 0.0137. The van der Waals surface area contributed by atoms with E-state index >= 15 is 0 Å². The summed E-state index contributed by atoms with van der Waals surface area (Å²) in [6, 6.07) is 10.4. The molecule has 0 atom stereocenters. The first-order chi connectivity index (χ1) is 11.9. The second kappa shape index (κ2) is 6.98. The molecule has 0 spiro atoms. The number of ether oxygens (including phenoxy) is 1. The summed E-state index contributed by atoms with van der Waals surface area (Å²) >= 11 is 5.95. The van der Waals surface area contributed by atoms with E-state index in [1.165, 1.54) is 36.4 Å². The highest BCUT2D eigenvalue weighted by Crippen LogP contribution is 2.21. The zero-order valence-corrected chi connectivity index (χ0v) is 13.4. The first kappa shape index (κ1) is 17.0. The molecule has 0 saturated heterocycles. The number of alkyl halides is 2. The minimum Gasteiger partial charge on any atom is -0.435 e. The molecule has 5 nitrogen and oxygen atoms in total. The lowest BCUT2D eigenvalue weighted by atomic mass is 10.0. The van der Waals surface area contributed by atoms with Gasteiger partial charge < -0.3 is 4.74 Å². The van der Waals surface area contributed by atoms with Crippen LogP contribution >= 0.6 is 11.6 Å². The maximum absolute atomic E-state index is 12.4. The molecule has 3 rings (SSSR count). The summed E-state index contributed by atoms with van der Waals surface area (Å²) in [6.45, 7) is -2.93. The molecule has 3 aromatic rings. The van der Waals surface area contributed by atoms with Gasteiger partial charge in [-0.05, 0) is 29.8 Å². The van der Waals surface area contributed by atoms with Gasteiger partial charge in [-0.2, -0.15) is 13.9 Å². The number of hydrogen-bond donors (Lipinski definition) is 1. The predicted octanol–water partition coefficient (Wildman–Crippen LogP) is 3.60. The molecular weight excluding hydrogens is 354 g/mol. The quantitative estimate of drug-likeness (QED) is 0.702. The van der Waals surface area contributed by atoms with E-state index in [0.29, 0.717) is 21.9 Å². The van der Waals surface area contributed by atoms with Crippen molar-refractivity contribution >= 4 is 28.2 Å². The number of nitrogens with one attached hydrogen (secondary N) is 1. The van der Waals surface area contributed by atoms with Crippen LogP contribution in [0.2, 0.25) is 5.15 Å². The number of Topliss-reactive ketones (excluding diaryl/α,β-unsaturated/α-hetero) is 1. The van der Waals surface area contributed by atoms with Crippen LogP contribution in [0.4, 0.5) is 8.78 Å². The maximum Gasteiger partial charge on any atom is 0.387 e. The van der Waals surface area contributed by atoms with Gasteiger partial charge in [0.15, 0.2) is 10.9 Å². The van der Waals surface area contributed by atoms with Crippen molar-refractivity contribution in [3.05, 3.63) is 69.1 Å². The van der Waals surface area contributed by atoms with Gasteiger partial charge >= 0.3 is 6.61 Å². The van der Waals surface area contributed by atoms with E-state index in [-0.39, 0.29) is 23.1 Å². The van der Waals surface area contributed by atoms with Crippen molar-refractivity contribution in [3.63, 3.8) is 0 Å². The predicted molar refractivity (Wildman–Crippen MR) is 88.5 cm³/mol. The number of aromatic nitrogens is 2. The van der Waals surface area contributed by atoms with Gasteiger partial charge in [0.1, 0.15) is 5.75 Å². The van der Waals surface area contributed by atoms with Crippen molar-refractivity contribution in [2.75, 3.05) is 0 Å². The fraction of sp³-hybridized carbons (Fsp3) is 0.118. The number of hydrogen-bond acceptors (Lipinski definition) is 4. The number of H-pyrrole nitrogens is 1. The zero-order chi connectivity index (χ0) is 18.0. The lowest BCUT2D eigenvalue weighted by molar-refractivity contribution is -0.0498. The Bertz CT molecular complexity index is 1000. The summed E-state index contributed by atoms with van der Waals surface area (Å²) in [4.78, 5) is 24.1. The molecule has 25 heavy (non-hydrogen) atoms. The van der Waals surface area contributed by atoms with Crippen LogP contribution in [0.5, 0.6) is 5.75 Å². The third kappa shape index (κ3) is 3.83. The van der Waals surface area contributed by atoms with Crippen molar-refractivity contribution in [3.8, 4) is 5.75 Å². The van der Waals surface area contributed by atoms with E-state index in [2.05, 4.69) is 14.9 Å². The number of aromatic amines is 1. The molecule has 0 aliphatic rings. The second-order valence-electron chi connectivity index (χ2n) is 5.23. The van der Waals surface area contributed by atoms with Gasteiger partial charge in [-0.3, -0.25) is 9.59 Å². The maximum atomic E-state index is 12.4. The molecule has 0 aliphatic carbocycles. The molecule has 1 aromatic heterocycles. The number of ketones is 1. The summed E-state index contributed by atoms with van der Waals surface area (Å²) in [7, 11) is 0. The molecule has 8 heteroatoms. The third-order valence-electron chi connectivity index (χ3n) is 3.55. The van der Waals surface area contributed by atoms with Crippen LogP contribution in [0.25, 0.3) is 10.8 Å². The molecular formula is C17H11ClF2N2O3. The number of nitrogens with zero attached hydrogens (tertiary/aromatic N) is 1. The Balaban J connectivity index is 1.88. The van der Waals surface area contributed by atoms with E-state index < -0.39 is 12.2 Å². The van der Waals surface area contributed by atoms with Crippen LogP contribution in [0.15, 0.2) is 47.3 Å². The Morgan fingerprint density at radius 3 is 2.76 bits per heavy atom. The van der Waals surface area contributed by atoms with Crippen molar-refractivity contribution in [1.29, 1.82) is 0 Å². The normalized spacial score (nSPS) is 11.0. The summed E-state index contributed by atoms with van der Waals surface area (Å²) in [6.07, 6.45) is -0.0137. The third-order valence-corrected chi connectivity index (χ3v) is 3.84. The molecule has 2 aromatic carbocycles. The lowest BCUT2D eigenvalue weighted by Gasteiger charge is -2.07. The van der Waals surface area contributed by atoms with Gasteiger partial charge in [-0.15, -0.1) is 0 Å². The standard InChI is InChI=1S/C17H11ClF2N2O3/c18-15-13-8-10(4-5-12(13)16(24)22-21-15)14(23)7-9-2-1-3-11(6-9)25-17(19)20/h1-6,8,17H,7H2,(H,22,24). The molecule has 0 radical (unpaired) electrons. The topological polar surface area (TPSA) is 72.1 Å². The molecule has 0 aliphatic heterocycles. The van der Waals surface area contributed by atoms with Gasteiger partial charge in [0.05, 0.1) is 5.39 Å². The van der Waals surface area contributed by atoms with Gasteiger partial charge in [-0.1, -0.05) is 29.8 Å². The summed E-state index contributed by atoms with van der Waals surface area (Å²) < 4.78 is 28.8. The highest BCUT2D eigenvalue weighted by molar-refractivity contribution is 6.34. The zero-order valence-electron chi connectivity index (χ0n) is 12.6. The monoisotopic (exact) mass is 364 g/mol. The van der Waals surface area contributed by atoms with Crippen LogP contribution in [-0.2, 0) is 6.42 Å². The van der Waals surface area contributed by atoms with Crippen LogP contribution in [0.3, 0.4) is 0 Å². The van der Waals surface area contributed by atoms with Gasteiger partial charge in [0, 0.05) is 17.4 Å². The minimum atomic E-state index is -2.93. The number of carbonyl (C=O) groups excluding carboxylic acids is 1. The molecule has 0 unspecified atom stereocenters. The molecule has 1 heterocycles. The van der Waals surface area contributed by atoms with Crippen molar-refractivity contribution in [2.45, 2.75) is 13.0 Å². The van der Waals surface area contributed by atoms with E-state index in [1.807, 2.05) is 0 Å². The smallest absolute Gasteiger partial charge is 0.387 e. The first-order valence-electron chi connectivity index (χ1n) is 7.19. The van der Waals surface area contributed by atoms with E-state index in [0.717, 1.165) is 0 Å². The molecule has 1 N–H and O–H groups in total. The molecule has 128 valence electrons. The fourth-order valence-electron chi connectivity index (χ4n) is 2.43. The number of benzene rings is 2. The molecule has 0 fully saturated rings. The van der Waals surface area contributed by atoms with Crippen LogP contribution in [0, 0.1) is 0 Å². The molecule has 0 amide bonds. The highest BCUT2D eigenvalue weighted by Gasteiger charge is 2.12. The first-order valence-corrected chi connectivity index (χ1v) is 7.57. The summed E-state index contributed by atoms with van der Waals surface area (Å²) in [5.41, 5.74) is 0.454. The Morgan fingerprint density at radius 2 is 2.00 bits per heavy atom. The molecule has 0 saturated carbocycles. The Hall–Kier alpha value is -2.80. The van der Waals surface area contributed by atoms with Gasteiger partial charge in [0.25, 0.3) is 5.56 Å².